The van der Waals surface area contributed by atoms with E-state index in [1.165, 1.54) is 0 Å². The molecule has 0 spiro atoms. The van der Waals surface area contributed by atoms with Crippen LogP contribution in [0.4, 0.5) is 5.82 Å². The molecule has 1 aromatic carbocycles. The van der Waals surface area contributed by atoms with E-state index in [9.17, 15) is 9.59 Å². The summed E-state index contributed by atoms with van der Waals surface area (Å²) in [6.45, 7) is 2.96. The van der Waals surface area contributed by atoms with Gasteiger partial charge in [-0.3, -0.25) is 19.5 Å². The van der Waals surface area contributed by atoms with Crippen molar-refractivity contribution in [1.82, 2.24) is 20.2 Å². The van der Waals surface area contributed by atoms with Gasteiger partial charge in [0.2, 0.25) is 0 Å². The number of anilines is 1. The molecular formula is C24H25N5O2. The summed E-state index contributed by atoms with van der Waals surface area (Å²) in [4.78, 5) is 37.8. The smallest absolute Gasteiger partial charge is 0.260 e. The number of fused-ring (bicyclic) bond motifs is 1. The van der Waals surface area contributed by atoms with E-state index in [1.807, 2.05) is 50.4 Å². The second-order valence-electron chi connectivity index (χ2n) is 7.82. The molecule has 0 aliphatic carbocycles. The van der Waals surface area contributed by atoms with Crippen molar-refractivity contribution in [3.63, 3.8) is 0 Å². The summed E-state index contributed by atoms with van der Waals surface area (Å²) in [6.07, 6.45) is 0. The molecular weight excluding hydrogens is 390 g/mol. The number of hydrogen-bond acceptors (Lipinski definition) is 5. The van der Waals surface area contributed by atoms with Crippen molar-refractivity contribution in [1.29, 1.82) is 0 Å². The Kier molecular flexibility index (Phi) is 5.52. The Bertz CT molecular complexity index is 1160. The van der Waals surface area contributed by atoms with Gasteiger partial charge in [0.1, 0.15) is 5.82 Å². The molecule has 2 amide bonds. The van der Waals surface area contributed by atoms with Crippen LogP contribution in [-0.4, -0.2) is 47.8 Å². The Morgan fingerprint density at radius 3 is 2.55 bits per heavy atom. The van der Waals surface area contributed by atoms with Crippen molar-refractivity contribution in [2.75, 3.05) is 26.0 Å². The summed E-state index contributed by atoms with van der Waals surface area (Å²) in [7, 11) is 5.32. The number of carbonyl (C=O) groups excluding carboxylic acids is 2. The van der Waals surface area contributed by atoms with Crippen LogP contribution in [0.3, 0.4) is 0 Å². The number of benzene rings is 1. The Balaban J connectivity index is 1.64. The predicted molar refractivity (Wildman–Crippen MR) is 120 cm³/mol. The van der Waals surface area contributed by atoms with E-state index in [4.69, 9.17) is 4.98 Å². The molecule has 4 rings (SSSR count). The lowest BCUT2D eigenvalue weighted by Crippen LogP contribution is -2.24. The van der Waals surface area contributed by atoms with Crippen molar-refractivity contribution in [3.8, 4) is 11.3 Å². The topological polar surface area (TPSA) is 78.4 Å². The van der Waals surface area contributed by atoms with E-state index < -0.39 is 0 Å². The largest absolute Gasteiger partial charge is 0.345 e. The van der Waals surface area contributed by atoms with Gasteiger partial charge >= 0.3 is 0 Å². The van der Waals surface area contributed by atoms with E-state index in [1.54, 1.807) is 36.0 Å². The lowest BCUT2D eigenvalue weighted by Gasteiger charge is -2.16. The summed E-state index contributed by atoms with van der Waals surface area (Å²) in [5, 5.41) is 3.13. The van der Waals surface area contributed by atoms with Gasteiger partial charge in [0.15, 0.2) is 0 Å². The summed E-state index contributed by atoms with van der Waals surface area (Å²) in [5.74, 6) is 0.490. The standard InChI is InChI=1S/C24H25N5O2/c1-15-12-18-19(21(26-15)13-25-2)14-29(24(18)31)22-7-5-6-20(27-22)16-8-10-17(11-9-16)23(30)28(3)4/h5-12,25H,13-14H2,1-4H3. The van der Waals surface area contributed by atoms with E-state index in [2.05, 4.69) is 10.3 Å². The van der Waals surface area contributed by atoms with Crippen LogP contribution in [0.15, 0.2) is 48.5 Å². The molecule has 0 saturated carbocycles. The lowest BCUT2D eigenvalue weighted by molar-refractivity contribution is 0.0827. The van der Waals surface area contributed by atoms with Gasteiger partial charge in [-0.05, 0) is 44.3 Å². The molecule has 0 fully saturated rings. The molecule has 0 saturated heterocycles. The fourth-order valence-electron chi connectivity index (χ4n) is 3.78. The first-order valence-corrected chi connectivity index (χ1v) is 10.1. The number of aromatic nitrogens is 2. The van der Waals surface area contributed by atoms with Gasteiger partial charge in [-0.15, -0.1) is 0 Å². The van der Waals surface area contributed by atoms with Crippen LogP contribution in [0.25, 0.3) is 11.3 Å². The first-order valence-electron chi connectivity index (χ1n) is 10.1. The number of nitrogens with zero attached hydrogens (tertiary/aromatic N) is 4. The van der Waals surface area contributed by atoms with Crippen LogP contribution in [0, 0.1) is 6.92 Å². The minimum Gasteiger partial charge on any atom is -0.345 e. The zero-order chi connectivity index (χ0) is 22.1. The quantitative estimate of drug-likeness (QED) is 0.693. The molecule has 31 heavy (non-hydrogen) atoms. The number of rotatable bonds is 5. The maximum Gasteiger partial charge on any atom is 0.260 e. The van der Waals surface area contributed by atoms with Gasteiger partial charge in [-0.1, -0.05) is 18.2 Å². The number of aryl methyl sites for hydroxylation is 1. The number of pyridine rings is 2. The summed E-state index contributed by atoms with van der Waals surface area (Å²) in [6, 6.07) is 14.8. The third-order valence-corrected chi connectivity index (χ3v) is 5.32. The number of nitrogens with one attached hydrogen (secondary N) is 1. The van der Waals surface area contributed by atoms with E-state index >= 15 is 0 Å². The molecule has 3 heterocycles. The van der Waals surface area contributed by atoms with Crippen LogP contribution in [0.5, 0.6) is 0 Å². The summed E-state index contributed by atoms with van der Waals surface area (Å²) < 4.78 is 0. The van der Waals surface area contributed by atoms with Gasteiger partial charge in [-0.2, -0.15) is 0 Å². The highest BCUT2D eigenvalue weighted by Gasteiger charge is 2.32. The fraction of sp³-hybridized carbons (Fsp3) is 0.250. The normalized spacial score (nSPS) is 12.8. The molecule has 3 aromatic rings. The highest BCUT2D eigenvalue weighted by molar-refractivity contribution is 6.09. The predicted octanol–water partition coefficient (Wildman–Crippen LogP) is 3.03. The number of amides is 2. The van der Waals surface area contributed by atoms with E-state index in [-0.39, 0.29) is 11.8 Å². The monoisotopic (exact) mass is 415 g/mol. The summed E-state index contributed by atoms with van der Waals surface area (Å²) in [5.41, 5.74) is 5.61. The Morgan fingerprint density at radius 1 is 1.13 bits per heavy atom. The molecule has 0 bridgehead atoms. The Labute approximate surface area is 181 Å². The number of hydrogen-bond donors (Lipinski definition) is 1. The third-order valence-electron chi connectivity index (χ3n) is 5.32. The fourth-order valence-corrected chi connectivity index (χ4v) is 3.78. The molecule has 7 nitrogen and oxygen atoms in total. The highest BCUT2D eigenvalue weighted by Crippen LogP contribution is 2.31. The van der Waals surface area contributed by atoms with Crippen molar-refractivity contribution in [2.45, 2.75) is 20.0 Å². The molecule has 1 N–H and O–H groups in total. The van der Waals surface area contributed by atoms with Gasteiger partial charge in [0.25, 0.3) is 11.8 Å². The Morgan fingerprint density at radius 2 is 1.87 bits per heavy atom. The minimum atomic E-state index is -0.0607. The maximum absolute atomic E-state index is 13.1. The van der Waals surface area contributed by atoms with Crippen LogP contribution >= 0.6 is 0 Å². The highest BCUT2D eigenvalue weighted by atomic mass is 16.2. The Hall–Kier alpha value is -3.58. The average Bonchev–Trinajstić information content (AvgIpc) is 3.10. The molecule has 1 aliphatic heterocycles. The maximum atomic E-state index is 13.1. The molecule has 1 aliphatic rings. The van der Waals surface area contributed by atoms with Crippen LogP contribution in [0.2, 0.25) is 0 Å². The average molecular weight is 415 g/mol. The molecule has 0 radical (unpaired) electrons. The zero-order valence-electron chi connectivity index (χ0n) is 18.1. The molecule has 7 heteroatoms. The summed E-state index contributed by atoms with van der Waals surface area (Å²) >= 11 is 0. The zero-order valence-corrected chi connectivity index (χ0v) is 18.1. The van der Waals surface area contributed by atoms with Crippen molar-refractivity contribution >= 4 is 17.6 Å². The second kappa shape index (κ2) is 8.28. The lowest BCUT2D eigenvalue weighted by atomic mass is 10.1. The molecule has 2 aromatic heterocycles. The van der Waals surface area contributed by atoms with Crippen LogP contribution in [-0.2, 0) is 13.1 Å². The van der Waals surface area contributed by atoms with Crippen molar-refractivity contribution in [3.05, 3.63) is 76.6 Å². The first-order chi connectivity index (χ1) is 14.9. The molecule has 0 unspecified atom stereocenters. The van der Waals surface area contributed by atoms with Gasteiger partial charge < -0.3 is 10.2 Å². The molecule has 0 atom stereocenters. The SMILES string of the molecule is CNCc1nc(C)cc2c1CN(c1cccc(-c3ccc(C(=O)N(C)C)cc3)n1)C2=O. The van der Waals surface area contributed by atoms with Crippen molar-refractivity contribution in [2.24, 2.45) is 0 Å². The van der Waals surface area contributed by atoms with Gasteiger partial charge in [-0.25, -0.2) is 4.98 Å². The number of carbonyl (C=O) groups is 2. The third kappa shape index (κ3) is 3.92. The van der Waals surface area contributed by atoms with Gasteiger partial charge in [0.05, 0.1) is 17.9 Å². The van der Waals surface area contributed by atoms with Crippen LogP contribution in [0.1, 0.15) is 37.7 Å². The van der Waals surface area contributed by atoms with Crippen molar-refractivity contribution < 1.29 is 9.59 Å². The van der Waals surface area contributed by atoms with Gasteiger partial charge in [0, 0.05) is 48.6 Å². The second-order valence-corrected chi connectivity index (χ2v) is 7.82. The first kappa shape index (κ1) is 20.7. The molecule has 158 valence electrons. The van der Waals surface area contributed by atoms with E-state index in [0.717, 1.165) is 28.2 Å². The minimum absolute atomic E-state index is 0.0463. The van der Waals surface area contributed by atoms with Crippen LogP contribution < -0.4 is 10.2 Å². The van der Waals surface area contributed by atoms with E-state index in [0.29, 0.717) is 30.0 Å².